The van der Waals surface area contributed by atoms with Gasteiger partial charge in [-0.25, -0.2) is 5.43 Å². The van der Waals surface area contributed by atoms with E-state index in [1.54, 1.807) is 0 Å². The summed E-state index contributed by atoms with van der Waals surface area (Å²) in [6, 6.07) is 15.1. The van der Waals surface area contributed by atoms with Gasteiger partial charge >= 0.3 is 0 Å². The number of hydrogen-bond donors (Lipinski definition) is 2. The molecule has 1 fully saturated rings. The van der Waals surface area contributed by atoms with Crippen LogP contribution in [0.15, 0.2) is 46.9 Å². The van der Waals surface area contributed by atoms with Crippen LogP contribution in [-0.2, 0) is 0 Å². The zero-order valence-electron chi connectivity index (χ0n) is 12.3. The number of hydrazine groups is 1. The van der Waals surface area contributed by atoms with Gasteiger partial charge in [-0.2, -0.15) is 0 Å². The summed E-state index contributed by atoms with van der Waals surface area (Å²) in [4.78, 5) is 0. The number of benzene rings is 2. The molecule has 3 N–H and O–H groups in total. The van der Waals surface area contributed by atoms with Gasteiger partial charge in [0, 0.05) is 4.47 Å². The molecular formula is C18H21BrN2. The molecule has 2 aromatic carbocycles. The van der Waals surface area contributed by atoms with Crippen LogP contribution in [0.1, 0.15) is 53.5 Å². The summed E-state index contributed by atoms with van der Waals surface area (Å²) in [7, 11) is 0. The van der Waals surface area contributed by atoms with E-state index in [0.717, 1.165) is 4.47 Å². The highest BCUT2D eigenvalue weighted by molar-refractivity contribution is 9.10. The first-order valence-corrected chi connectivity index (χ1v) is 8.31. The van der Waals surface area contributed by atoms with Crippen LogP contribution in [-0.4, -0.2) is 0 Å². The van der Waals surface area contributed by atoms with Crippen molar-refractivity contribution in [3.8, 4) is 0 Å². The van der Waals surface area contributed by atoms with E-state index in [1.807, 2.05) is 0 Å². The molecule has 0 saturated heterocycles. The van der Waals surface area contributed by atoms with Gasteiger partial charge in [-0.1, -0.05) is 52.7 Å². The van der Waals surface area contributed by atoms with Crippen molar-refractivity contribution in [2.75, 3.05) is 0 Å². The average Bonchev–Trinajstić information content (AvgIpc) is 2.41. The molecule has 1 saturated carbocycles. The summed E-state index contributed by atoms with van der Waals surface area (Å²) in [6.07, 6.45) is 3.94. The minimum absolute atomic E-state index is 0.0508. The van der Waals surface area contributed by atoms with E-state index in [9.17, 15) is 0 Å². The van der Waals surface area contributed by atoms with Crippen molar-refractivity contribution in [2.45, 2.75) is 38.1 Å². The lowest BCUT2D eigenvalue weighted by Gasteiger charge is -2.31. The van der Waals surface area contributed by atoms with E-state index >= 15 is 0 Å². The topological polar surface area (TPSA) is 38.0 Å². The van der Waals surface area contributed by atoms with Gasteiger partial charge in [0.15, 0.2) is 0 Å². The SMILES string of the molecule is Cc1cc(Br)ccc1C(NN)c1ccccc1C1CCC1. The fourth-order valence-corrected chi connectivity index (χ4v) is 3.65. The Bertz CT molecular complexity index is 635. The smallest absolute Gasteiger partial charge is 0.0715 e. The minimum Gasteiger partial charge on any atom is -0.271 e. The quantitative estimate of drug-likeness (QED) is 0.629. The molecular weight excluding hydrogens is 324 g/mol. The van der Waals surface area contributed by atoms with Crippen LogP contribution in [0.3, 0.4) is 0 Å². The van der Waals surface area contributed by atoms with E-state index in [0.29, 0.717) is 5.92 Å². The lowest BCUT2D eigenvalue weighted by Crippen LogP contribution is -2.30. The van der Waals surface area contributed by atoms with Crippen molar-refractivity contribution in [3.05, 3.63) is 69.2 Å². The molecule has 1 aliphatic carbocycles. The summed E-state index contributed by atoms with van der Waals surface area (Å²) in [5.41, 5.74) is 8.28. The van der Waals surface area contributed by atoms with Gasteiger partial charge < -0.3 is 0 Å². The van der Waals surface area contributed by atoms with Crippen molar-refractivity contribution in [1.82, 2.24) is 5.43 Å². The van der Waals surface area contributed by atoms with Crippen molar-refractivity contribution in [3.63, 3.8) is 0 Å². The van der Waals surface area contributed by atoms with Gasteiger partial charge in [-0.05, 0) is 60.1 Å². The number of hydrogen-bond acceptors (Lipinski definition) is 2. The maximum absolute atomic E-state index is 5.91. The average molecular weight is 345 g/mol. The van der Waals surface area contributed by atoms with Crippen LogP contribution in [0, 0.1) is 6.92 Å². The summed E-state index contributed by atoms with van der Waals surface area (Å²) in [5, 5.41) is 0. The Morgan fingerprint density at radius 3 is 2.52 bits per heavy atom. The van der Waals surface area contributed by atoms with Crippen molar-refractivity contribution >= 4 is 15.9 Å². The second-order valence-corrected chi connectivity index (χ2v) is 6.77. The third-order valence-corrected chi connectivity index (χ3v) is 5.05. The normalized spacial score (nSPS) is 16.5. The van der Waals surface area contributed by atoms with Crippen molar-refractivity contribution < 1.29 is 0 Å². The highest BCUT2D eigenvalue weighted by Gasteiger charge is 2.25. The van der Waals surface area contributed by atoms with E-state index < -0.39 is 0 Å². The van der Waals surface area contributed by atoms with E-state index in [4.69, 9.17) is 5.84 Å². The largest absolute Gasteiger partial charge is 0.271 e. The molecule has 110 valence electrons. The van der Waals surface area contributed by atoms with Gasteiger partial charge in [0.05, 0.1) is 6.04 Å². The maximum Gasteiger partial charge on any atom is 0.0715 e. The Morgan fingerprint density at radius 2 is 1.90 bits per heavy atom. The highest BCUT2D eigenvalue weighted by atomic mass is 79.9. The molecule has 0 amide bonds. The second-order valence-electron chi connectivity index (χ2n) is 5.86. The first kappa shape index (κ1) is 14.8. The molecule has 1 unspecified atom stereocenters. The monoisotopic (exact) mass is 344 g/mol. The Labute approximate surface area is 134 Å². The number of halogens is 1. The second kappa shape index (κ2) is 6.30. The number of rotatable bonds is 4. The van der Waals surface area contributed by atoms with Gasteiger partial charge in [-0.3, -0.25) is 5.84 Å². The minimum atomic E-state index is 0.0508. The van der Waals surface area contributed by atoms with Gasteiger partial charge in [0.1, 0.15) is 0 Å². The molecule has 0 heterocycles. The first-order chi connectivity index (χ1) is 10.2. The molecule has 0 radical (unpaired) electrons. The molecule has 21 heavy (non-hydrogen) atoms. The predicted octanol–water partition coefficient (Wildman–Crippen LogP) is 4.58. The lowest BCUT2D eigenvalue weighted by atomic mass is 9.76. The molecule has 0 bridgehead atoms. The lowest BCUT2D eigenvalue weighted by molar-refractivity contribution is 0.414. The van der Waals surface area contributed by atoms with E-state index in [1.165, 1.54) is 41.5 Å². The summed E-state index contributed by atoms with van der Waals surface area (Å²) < 4.78 is 1.10. The summed E-state index contributed by atoms with van der Waals surface area (Å²) >= 11 is 3.53. The Balaban J connectivity index is 2.03. The van der Waals surface area contributed by atoms with Gasteiger partial charge in [0.2, 0.25) is 0 Å². The molecule has 0 aliphatic heterocycles. The third kappa shape index (κ3) is 2.91. The molecule has 3 heteroatoms. The van der Waals surface area contributed by atoms with Crippen LogP contribution in [0.25, 0.3) is 0 Å². The zero-order valence-corrected chi connectivity index (χ0v) is 13.9. The standard InChI is InChI=1S/C18H21BrN2/c1-12-11-14(19)9-10-15(12)18(21-20)17-8-3-2-7-16(17)13-5-4-6-13/h2-3,7-11,13,18,21H,4-6,20H2,1H3. The third-order valence-electron chi connectivity index (χ3n) is 4.56. The molecule has 1 atom stereocenters. The first-order valence-electron chi connectivity index (χ1n) is 7.51. The number of aryl methyl sites for hydroxylation is 1. The van der Waals surface area contributed by atoms with Crippen LogP contribution >= 0.6 is 15.9 Å². The highest BCUT2D eigenvalue weighted by Crippen LogP contribution is 2.40. The Kier molecular flexibility index (Phi) is 4.43. The van der Waals surface area contributed by atoms with Crippen LogP contribution < -0.4 is 11.3 Å². The molecule has 2 nitrogen and oxygen atoms in total. The maximum atomic E-state index is 5.91. The number of nitrogens with one attached hydrogen (secondary N) is 1. The van der Waals surface area contributed by atoms with Crippen LogP contribution in [0.5, 0.6) is 0 Å². The van der Waals surface area contributed by atoms with E-state index in [-0.39, 0.29) is 6.04 Å². The Morgan fingerprint density at radius 1 is 1.14 bits per heavy atom. The summed E-state index contributed by atoms with van der Waals surface area (Å²) in [5.74, 6) is 6.61. The Hall–Kier alpha value is -1.16. The fourth-order valence-electron chi connectivity index (χ4n) is 3.17. The molecule has 2 aromatic rings. The zero-order chi connectivity index (χ0) is 14.8. The summed E-state index contributed by atoms with van der Waals surface area (Å²) in [6.45, 7) is 2.14. The predicted molar refractivity (Wildman–Crippen MR) is 91.1 cm³/mol. The van der Waals surface area contributed by atoms with Crippen molar-refractivity contribution in [1.29, 1.82) is 0 Å². The fraction of sp³-hybridized carbons (Fsp3) is 0.333. The molecule has 3 rings (SSSR count). The molecule has 0 spiro atoms. The van der Waals surface area contributed by atoms with Crippen LogP contribution in [0.4, 0.5) is 0 Å². The molecule has 1 aliphatic rings. The molecule has 0 aromatic heterocycles. The van der Waals surface area contributed by atoms with Gasteiger partial charge in [-0.15, -0.1) is 0 Å². The van der Waals surface area contributed by atoms with Crippen molar-refractivity contribution in [2.24, 2.45) is 5.84 Å². The number of nitrogens with two attached hydrogens (primary N) is 1. The van der Waals surface area contributed by atoms with Gasteiger partial charge in [0.25, 0.3) is 0 Å². The van der Waals surface area contributed by atoms with Crippen LogP contribution in [0.2, 0.25) is 0 Å². The van der Waals surface area contributed by atoms with E-state index in [2.05, 4.69) is 70.7 Å².